The van der Waals surface area contributed by atoms with Crippen molar-refractivity contribution in [2.45, 2.75) is 322 Å². The topological polar surface area (TPSA) is 0 Å². The molecule has 0 aliphatic rings. The van der Waals surface area contributed by atoms with Gasteiger partial charge in [-0.15, -0.1) is 0 Å². The second-order valence-electron chi connectivity index (χ2n) is 32.6. The highest BCUT2D eigenvalue weighted by atomic mass is 19.5. The standard InChI is InChI=1S/C18H12F18.3C16H14F12.C15H15F9/c1-4-5(2)6-7(13(19,20)21)10(15(25,26)27)9(12(3,17(31,32)33)18(34,35)36)11(16(28,29)30)8(6)14(22,23)24;1-4-7(2)11-9(13(17,18)19)5-8(6-10(11)14(20,21)22)12(3,15(23,24)25)16(26,27)28;1-4-7(2)8-5-9(13(17,18)19)11(10(6-8)14(20,21)22)12(3,15(23,24)25)16(26,27)28;1-4-7(2)8-5-6-9(12(3,15(23,24)25)16(26,27)28)11(14(20,21)22)10(8)13(17,18)19;1-4-8(2)9-5-6-10(11(7-9)13(16,17)18)12(3,14(19,20)21)15(22,23)24/h5H,4H2,1-3H3;3*5-7H,4H2,1-3H3;5-8H,4H2,1-3H3. The van der Waals surface area contributed by atoms with Crippen molar-refractivity contribution in [2.24, 2.45) is 0 Å². The van der Waals surface area contributed by atoms with E-state index in [9.17, 15) is 277 Å². The summed E-state index contributed by atoms with van der Waals surface area (Å²) in [6.45, 7) is 7.85. The summed E-state index contributed by atoms with van der Waals surface area (Å²) < 4.78 is 844. The summed E-state index contributed by atoms with van der Waals surface area (Å²) in [4.78, 5) is 0. The largest absolute Gasteiger partial charge is 0.417 e. The molecule has 5 rings (SSSR count). The van der Waals surface area contributed by atoms with Gasteiger partial charge in [-0.05, 0) is 171 Å². The van der Waals surface area contributed by atoms with Crippen molar-refractivity contribution in [1.29, 1.82) is 0 Å². The minimum absolute atomic E-state index is 0.00372. The van der Waals surface area contributed by atoms with Crippen LogP contribution in [0.2, 0.25) is 0 Å². The maximum absolute atomic E-state index is 13.8. The van der Waals surface area contributed by atoms with E-state index in [0.717, 1.165) is 26.8 Å². The van der Waals surface area contributed by atoms with Crippen molar-refractivity contribution in [1.82, 2.24) is 0 Å². The Balaban J connectivity index is 0.000000905. The van der Waals surface area contributed by atoms with Gasteiger partial charge in [0.1, 0.15) is 0 Å². The molecule has 0 fully saturated rings. The molecular formula is C81H69F63. The first kappa shape index (κ1) is 134. The van der Waals surface area contributed by atoms with Gasteiger partial charge in [0.2, 0.25) is 0 Å². The van der Waals surface area contributed by atoms with Gasteiger partial charge in [0.25, 0.3) is 0 Å². The predicted molar refractivity (Wildman–Crippen MR) is 378 cm³/mol. The molecular weight excluding hydrogens is 2170 g/mol. The summed E-state index contributed by atoms with van der Waals surface area (Å²) in [7, 11) is 0. The van der Waals surface area contributed by atoms with E-state index in [1.165, 1.54) is 34.6 Å². The van der Waals surface area contributed by atoms with Crippen LogP contribution in [-0.4, -0.2) is 61.8 Å². The van der Waals surface area contributed by atoms with Gasteiger partial charge in [-0.3, -0.25) is 0 Å². The minimum Gasteiger partial charge on any atom is -0.170 e. The monoisotopic (exact) mass is 2240 g/mol. The zero-order valence-electron chi connectivity index (χ0n) is 73.9. The molecule has 0 aliphatic carbocycles. The van der Waals surface area contributed by atoms with Gasteiger partial charge < -0.3 is 0 Å². The van der Waals surface area contributed by atoms with Crippen LogP contribution in [0.15, 0.2) is 54.6 Å². The highest BCUT2D eigenvalue weighted by Gasteiger charge is 2.78. The Bertz CT molecular complexity index is 4920. The summed E-state index contributed by atoms with van der Waals surface area (Å²) in [5.74, 6) is -6.53. The van der Waals surface area contributed by atoms with Crippen LogP contribution in [0.1, 0.15) is 282 Å². The van der Waals surface area contributed by atoms with Gasteiger partial charge in [0.15, 0.2) is 27.1 Å². The molecule has 0 heterocycles. The van der Waals surface area contributed by atoms with E-state index in [2.05, 4.69) is 0 Å². The van der Waals surface area contributed by atoms with Crippen LogP contribution in [-0.2, 0) is 95.0 Å². The molecule has 0 nitrogen and oxygen atoms in total. The number of benzene rings is 5. The molecule has 5 unspecified atom stereocenters. The van der Waals surface area contributed by atoms with Crippen LogP contribution in [0.5, 0.6) is 0 Å². The van der Waals surface area contributed by atoms with Crippen molar-refractivity contribution in [3.05, 3.63) is 171 Å². The Morgan fingerprint density at radius 1 is 0.167 bits per heavy atom. The van der Waals surface area contributed by atoms with Crippen LogP contribution in [0.4, 0.5) is 277 Å². The maximum Gasteiger partial charge on any atom is 0.417 e. The SMILES string of the molecule is CCC(C)c1c(C(F)(F)F)c(C(F)(F)F)c(C(C)(C(F)(F)F)C(F)(F)F)c(C(F)(F)F)c1C(F)(F)F.CCC(C)c1c(C(F)(F)F)cc(C(C)(C(F)(F)F)C(F)(F)F)cc1C(F)(F)F.CCC(C)c1cc(C(F)(F)F)c(C(C)(C(F)(F)F)C(F)(F)F)c(C(F)(F)F)c1.CCC(C)c1ccc(C(C)(C(F)(F)F)C(F)(F)F)c(C(F)(F)F)c1.CCC(C)c1ccc(C(C)(C(F)(F)F)C(F)(F)F)c(C(F)(F)F)c1C(F)(F)F. The second-order valence-corrected chi connectivity index (χ2v) is 32.6. The maximum atomic E-state index is 13.8. The Hall–Kier alpha value is -8.31. The van der Waals surface area contributed by atoms with E-state index in [1.807, 2.05) is 0 Å². The zero-order chi connectivity index (χ0) is 116. The Kier molecular flexibility index (Phi) is 38.9. The lowest BCUT2D eigenvalue weighted by atomic mass is 9.70. The number of hydrogen-bond acceptors (Lipinski definition) is 0. The first-order valence-electron chi connectivity index (χ1n) is 39.0. The van der Waals surface area contributed by atoms with Crippen molar-refractivity contribution in [3.8, 4) is 0 Å². The van der Waals surface area contributed by atoms with E-state index < -0.39 is 344 Å². The lowest BCUT2D eigenvalue weighted by molar-refractivity contribution is -0.301. The van der Waals surface area contributed by atoms with Crippen LogP contribution < -0.4 is 0 Å². The highest BCUT2D eigenvalue weighted by molar-refractivity contribution is 5.62. The molecule has 5 aromatic rings. The first-order chi connectivity index (χ1) is 62.6. The van der Waals surface area contributed by atoms with Crippen LogP contribution in [0.25, 0.3) is 0 Å². The number of halogens is 63. The normalized spacial score (nSPS) is 15.7. The van der Waals surface area contributed by atoms with Gasteiger partial charge in [0.05, 0.1) is 61.2 Å². The fraction of sp³-hybridized carbons (Fsp3) is 0.630. The fourth-order valence-corrected chi connectivity index (χ4v) is 13.8. The van der Waals surface area contributed by atoms with Crippen molar-refractivity contribution in [2.75, 3.05) is 0 Å². The van der Waals surface area contributed by atoms with Crippen molar-refractivity contribution in [3.63, 3.8) is 0 Å². The van der Waals surface area contributed by atoms with Crippen LogP contribution in [0, 0.1) is 0 Å². The minimum atomic E-state index is -7.28. The molecule has 63 heteroatoms. The molecule has 5 aromatic carbocycles. The van der Waals surface area contributed by atoms with E-state index >= 15 is 0 Å². The molecule has 0 N–H and O–H groups in total. The summed E-state index contributed by atoms with van der Waals surface area (Å²) in [6.07, 6.45) is -134. The van der Waals surface area contributed by atoms with Gasteiger partial charge in [-0.2, -0.15) is 277 Å². The summed E-state index contributed by atoms with van der Waals surface area (Å²) in [5, 5.41) is 0. The van der Waals surface area contributed by atoms with E-state index in [4.69, 9.17) is 0 Å². The van der Waals surface area contributed by atoms with Crippen LogP contribution in [0.3, 0.4) is 0 Å². The molecule has 5 atom stereocenters. The van der Waals surface area contributed by atoms with Crippen molar-refractivity contribution >= 4 is 0 Å². The quantitative estimate of drug-likeness (QED) is 0.0917. The van der Waals surface area contributed by atoms with Crippen LogP contribution >= 0.6 is 0 Å². The molecule has 0 bridgehead atoms. The lowest BCUT2D eigenvalue weighted by Gasteiger charge is -2.40. The van der Waals surface area contributed by atoms with Gasteiger partial charge >= 0.3 is 130 Å². The third kappa shape index (κ3) is 27.3. The average molecular weight is 2240 g/mol. The van der Waals surface area contributed by atoms with Crippen molar-refractivity contribution < 1.29 is 277 Å². The summed E-state index contributed by atoms with van der Waals surface area (Å²) in [6, 6.07) is 0.495. The van der Waals surface area contributed by atoms with E-state index in [0.29, 0.717) is 19.4 Å². The number of rotatable bonds is 15. The van der Waals surface area contributed by atoms with Gasteiger partial charge in [-0.25, -0.2) is 0 Å². The van der Waals surface area contributed by atoms with E-state index in [1.54, 1.807) is 6.92 Å². The Morgan fingerprint density at radius 3 is 0.625 bits per heavy atom. The molecule has 834 valence electrons. The predicted octanol–water partition coefficient (Wildman–Crippen LogP) is 39.1. The molecule has 0 aromatic heterocycles. The second kappa shape index (κ2) is 41.9. The average Bonchev–Trinajstić information content (AvgIpc) is 0.683. The third-order valence-electron chi connectivity index (χ3n) is 23.4. The number of hydrogen-bond donors (Lipinski definition) is 0. The van der Waals surface area contributed by atoms with Gasteiger partial charge in [-0.1, -0.05) is 93.5 Å². The zero-order valence-corrected chi connectivity index (χ0v) is 73.9. The molecule has 0 aliphatic heterocycles. The summed E-state index contributed by atoms with van der Waals surface area (Å²) >= 11 is 0. The lowest BCUT2D eigenvalue weighted by Crippen LogP contribution is -2.54. The molecule has 0 amide bonds. The number of alkyl halides is 63. The Morgan fingerprint density at radius 2 is 0.389 bits per heavy atom. The smallest absolute Gasteiger partial charge is 0.170 e. The first-order valence-corrected chi connectivity index (χ1v) is 39.0. The molecule has 0 radical (unpaired) electrons. The molecule has 144 heavy (non-hydrogen) atoms. The highest BCUT2D eigenvalue weighted by Crippen LogP contribution is 2.67. The molecule has 0 saturated carbocycles. The molecule has 0 saturated heterocycles. The Labute approximate surface area is 769 Å². The van der Waals surface area contributed by atoms with E-state index in [-0.39, 0.29) is 62.1 Å². The third-order valence-corrected chi connectivity index (χ3v) is 23.4. The summed E-state index contributed by atoms with van der Waals surface area (Å²) in [5.41, 5.74) is -79.0. The fourth-order valence-electron chi connectivity index (χ4n) is 13.8. The molecule has 0 spiro atoms. The van der Waals surface area contributed by atoms with Gasteiger partial charge in [0, 0.05) is 11.1 Å².